The van der Waals surface area contributed by atoms with Crippen LogP contribution in [0.5, 0.6) is 0 Å². The number of unbranched alkanes of at least 4 members (excludes halogenated alkanes) is 9. The predicted octanol–water partition coefficient (Wildman–Crippen LogP) is -4.33. The molecule has 66 heavy (non-hydrogen) atoms. The van der Waals surface area contributed by atoms with Gasteiger partial charge in [0.2, 0.25) is 5.91 Å². The average Bonchev–Trinajstić information content (AvgIpc) is 3.27. The number of ether oxygens (including phenoxy) is 5. The third kappa shape index (κ3) is 14.6. The summed E-state index contributed by atoms with van der Waals surface area (Å²) in [6.07, 6.45) is -14.2. The number of aliphatic hydroxyl groups is 9. The molecule has 0 bridgehead atoms. The molecule has 384 valence electrons. The highest BCUT2D eigenvalue weighted by Gasteiger charge is 2.60. The van der Waals surface area contributed by atoms with Crippen molar-refractivity contribution in [1.82, 2.24) is 10.6 Å². The van der Waals surface area contributed by atoms with Gasteiger partial charge >= 0.3 is 17.9 Å². The van der Waals surface area contributed by atoms with Crippen molar-refractivity contribution in [3.63, 3.8) is 0 Å². The Morgan fingerprint density at radius 2 is 1.09 bits per heavy atom. The second-order valence-electron chi connectivity index (χ2n) is 17.5. The largest absolute Gasteiger partial charge is 0.477 e. The van der Waals surface area contributed by atoms with E-state index in [4.69, 9.17) is 35.2 Å². The molecular formula is C41H74N4O21. The van der Waals surface area contributed by atoms with Gasteiger partial charge in [0.1, 0.15) is 42.7 Å². The van der Waals surface area contributed by atoms with Crippen LogP contribution in [0.1, 0.15) is 104 Å². The molecule has 18 N–H and O–H groups in total. The summed E-state index contributed by atoms with van der Waals surface area (Å²) >= 11 is 0. The number of rotatable bonds is 29. The van der Waals surface area contributed by atoms with Gasteiger partial charge < -0.3 is 107 Å². The van der Waals surface area contributed by atoms with Gasteiger partial charge in [-0.3, -0.25) is 4.79 Å². The van der Waals surface area contributed by atoms with Gasteiger partial charge in [0.15, 0.2) is 0 Å². The number of nitrogens with one attached hydrogen (secondary N) is 2. The number of nitrogens with two attached hydrogens (primary N) is 2. The Balaban J connectivity index is 1.82. The van der Waals surface area contributed by atoms with Crippen LogP contribution in [0.2, 0.25) is 0 Å². The fourth-order valence-corrected chi connectivity index (χ4v) is 8.42. The molecule has 0 aromatic heterocycles. The van der Waals surface area contributed by atoms with E-state index in [0.29, 0.717) is 6.54 Å². The first kappa shape index (κ1) is 57.5. The van der Waals surface area contributed by atoms with Gasteiger partial charge in [-0.1, -0.05) is 71.6 Å². The minimum absolute atomic E-state index is 0.0610. The van der Waals surface area contributed by atoms with Crippen molar-refractivity contribution in [3.05, 3.63) is 0 Å². The highest BCUT2D eigenvalue weighted by molar-refractivity contribution is 5.78. The van der Waals surface area contributed by atoms with Crippen molar-refractivity contribution in [2.45, 2.75) is 206 Å². The van der Waals surface area contributed by atoms with Crippen LogP contribution in [0.3, 0.4) is 0 Å². The van der Waals surface area contributed by atoms with Crippen LogP contribution in [-0.2, 0) is 42.9 Å². The van der Waals surface area contributed by atoms with Crippen LogP contribution in [0, 0.1) is 0 Å². The Hall–Kier alpha value is -2.80. The van der Waals surface area contributed by atoms with E-state index >= 15 is 0 Å². The lowest BCUT2D eigenvalue weighted by molar-refractivity contribution is -0.353. The first-order valence-corrected chi connectivity index (χ1v) is 22.7. The smallest absolute Gasteiger partial charge is 0.364 e. The molecule has 0 spiro atoms. The van der Waals surface area contributed by atoms with E-state index in [1.807, 2.05) is 0 Å². The van der Waals surface area contributed by atoms with Crippen molar-refractivity contribution in [1.29, 1.82) is 0 Å². The summed E-state index contributed by atoms with van der Waals surface area (Å²) < 4.78 is 27.8. The lowest BCUT2D eigenvalue weighted by Gasteiger charge is -2.49. The summed E-state index contributed by atoms with van der Waals surface area (Å²) in [5, 5.41) is 134. The Kier molecular flexibility index (Phi) is 22.9. The molecule has 3 heterocycles. The van der Waals surface area contributed by atoms with Gasteiger partial charge in [0.05, 0.1) is 55.8 Å². The summed E-state index contributed by atoms with van der Waals surface area (Å²) in [5.74, 6) is -15.8. The standard InChI is InChI=1S/C41H74N4O21/c1-3-5-6-7-8-9-10-11-12-13-14-44-18-24(51)33-30(45-27(52)4-2)23(50)17-41(65-33,38(59)60)63-26(20-47)32(54)35-29(43)22(49)16-40(66-35,37(57)58)62-25(19-46)31(53)34-28(42)21(48)15-39(61,64-34)36(55)56/h21-26,28-35,44,46-51,53-54,61H,3-20,42-43H2,1-2H3,(H,45,52)(H,55,56)(H,57,58)(H,59,60)/t21?,22?,23?,24?,25?,26?,28?,29-,30?,31?,32?,33?,34?,35?,39?,40?,41?/m1/s1. The quantitative estimate of drug-likeness (QED) is 0.0315. The maximum absolute atomic E-state index is 13.0. The maximum atomic E-state index is 13.0. The summed E-state index contributed by atoms with van der Waals surface area (Å²) in [7, 11) is 0. The normalized spacial score (nSPS) is 35.0. The van der Waals surface area contributed by atoms with Crippen LogP contribution in [0.25, 0.3) is 0 Å². The molecule has 3 rings (SSSR count). The Labute approximate surface area is 382 Å². The molecule has 0 aromatic carbocycles. The van der Waals surface area contributed by atoms with E-state index in [1.165, 1.54) is 39.0 Å². The molecule has 0 radical (unpaired) electrons. The predicted molar refractivity (Wildman–Crippen MR) is 225 cm³/mol. The Morgan fingerprint density at radius 3 is 1.55 bits per heavy atom. The van der Waals surface area contributed by atoms with E-state index in [0.717, 1.165) is 32.1 Å². The van der Waals surface area contributed by atoms with Crippen LogP contribution < -0.4 is 22.1 Å². The molecule has 0 aliphatic carbocycles. The minimum Gasteiger partial charge on any atom is -0.477 e. The lowest BCUT2D eigenvalue weighted by Crippen LogP contribution is -2.70. The molecule has 25 nitrogen and oxygen atoms in total. The van der Waals surface area contributed by atoms with E-state index in [1.54, 1.807) is 0 Å². The average molecular weight is 959 g/mol. The summed E-state index contributed by atoms with van der Waals surface area (Å²) in [6, 6.07) is -4.79. The number of aliphatic hydroxyl groups excluding tert-OH is 8. The number of carboxylic acid groups (broad SMARTS) is 3. The molecule has 0 aromatic rings. The molecule has 3 aliphatic heterocycles. The van der Waals surface area contributed by atoms with E-state index in [9.17, 15) is 80.5 Å². The molecule has 25 heteroatoms. The fraction of sp³-hybridized carbons (Fsp3) is 0.902. The zero-order valence-electron chi connectivity index (χ0n) is 37.5. The second kappa shape index (κ2) is 26.3. The van der Waals surface area contributed by atoms with Crippen molar-refractivity contribution in [3.8, 4) is 0 Å². The summed E-state index contributed by atoms with van der Waals surface area (Å²) in [6.45, 7) is 1.36. The number of aliphatic carboxylic acids is 3. The monoisotopic (exact) mass is 958 g/mol. The third-order valence-corrected chi connectivity index (χ3v) is 12.4. The number of carbonyl (C=O) groups is 4. The molecular weight excluding hydrogens is 884 g/mol. The van der Waals surface area contributed by atoms with Crippen LogP contribution in [0.4, 0.5) is 0 Å². The van der Waals surface area contributed by atoms with Crippen LogP contribution in [0.15, 0.2) is 0 Å². The van der Waals surface area contributed by atoms with Gasteiger partial charge in [0, 0.05) is 32.2 Å². The maximum Gasteiger partial charge on any atom is 0.364 e. The topological polar surface area (TPSA) is 433 Å². The first-order valence-electron chi connectivity index (χ1n) is 22.7. The highest BCUT2D eigenvalue weighted by atomic mass is 16.8. The molecule has 3 aliphatic rings. The number of hydrogen-bond acceptors (Lipinski definition) is 21. The molecule has 3 fully saturated rings. The SMILES string of the molecule is CCCCCCCCCCCCNCC(O)C1OC(OC(CO)C(O)C2OC(OC(CO)C(O)C3OC(O)(C(=O)O)CC(O)C3N)(C(=O)O)CC(O)[C@H]2N)(C(=O)O)CC(O)C1NC(=O)CC. The molecule has 1 amide bonds. The van der Waals surface area contributed by atoms with Crippen LogP contribution in [-0.4, -0.2) is 214 Å². The zero-order valence-corrected chi connectivity index (χ0v) is 37.5. The van der Waals surface area contributed by atoms with Gasteiger partial charge in [-0.05, 0) is 13.0 Å². The molecule has 16 unspecified atom stereocenters. The van der Waals surface area contributed by atoms with E-state index in [2.05, 4.69) is 17.6 Å². The van der Waals surface area contributed by atoms with Crippen molar-refractivity contribution in [2.75, 3.05) is 26.3 Å². The minimum atomic E-state index is -3.17. The van der Waals surface area contributed by atoms with Crippen molar-refractivity contribution in [2.24, 2.45) is 11.5 Å². The highest BCUT2D eigenvalue weighted by Crippen LogP contribution is 2.39. The molecule has 3 saturated heterocycles. The first-order chi connectivity index (χ1) is 31.1. The summed E-state index contributed by atoms with van der Waals surface area (Å²) in [4.78, 5) is 50.2. The van der Waals surface area contributed by atoms with E-state index in [-0.39, 0.29) is 13.0 Å². The Morgan fingerprint density at radius 1 is 0.652 bits per heavy atom. The lowest BCUT2D eigenvalue weighted by atomic mass is 9.87. The second-order valence-corrected chi connectivity index (χ2v) is 17.5. The van der Waals surface area contributed by atoms with Crippen molar-refractivity contribution >= 4 is 23.8 Å². The fourth-order valence-electron chi connectivity index (χ4n) is 8.42. The number of amides is 1. The molecule has 17 atom stereocenters. The van der Waals surface area contributed by atoms with Gasteiger partial charge in [-0.25, -0.2) is 14.4 Å². The zero-order chi connectivity index (χ0) is 49.6. The third-order valence-electron chi connectivity index (χ3n) is 12.4. The summed E-state index contributed by atoms with van der Waals surface area (Å²) in [5.41, 5.74) is 12.0. The number of hydrogen-bond donors (Lipinski definition) is 16. The van der Waals surface area contributed by atoms with Gasteiger partial charge in [-0.2, -0.15) is 0 Å². The number of carbonyl (C=O) groups excluding carboxylic acids is 1. The number of carboxylic acids is 3. The van der Waals surface area contributed by atoms with E-state index < -0.39 is 159 Å². The van der Waals surface area contributed by atoms with Gasteiger partial charge in [0.25, 0.3) is 17.4 Å². The Bertz CT molecular complexity index is 1540. The van der Waals surface area contributed by atoms with Crippen LogP contribution >= 0.6 is 0 Å². The molecule has 0 saturated carbocycles. The van der Waals surface area contributed by atoms with Crippen molar-refractivity contribution < 1.29 is 104 Å². The van der Waals surface area contributed by atoms with Gasteiger partial charge in [-0.15, -0.1) is 0 Å².